The molecule has 0 bridgehead atoms. The summed E-state index contributed by atoms with van der Waals surface area (Å²) in [6.45, 7) is 4.37. The van der Waals surface area contributed by atoms with Gasteiger partial charge in [0.2, 0.25) is 5.95 Å². The molecular weight excluding hydrogens is 240 g/mol. The molecule has 3 rings (SSSR count). The van der Waals surface area contributed by atoms with Crippen molar-refractivity contribution in [2.45, 2.75) is 25.7 Å². The van der Waals surface area contributed by atoms with Crippen LogP contribution in [0.4, 0.5) is 5.95 Å². The van der Waals surface area contributed by atoms with Crippen LogP contribution in [0.2, 0.25) is 0 Å². The first-order valence-electron chi connectivity index (χ1n) is 7.34. The predicted molar refractivity (Wildman–Crippen MR) is 74.4 cm³/mol. The van der Waals surface area contributed by atoms with Crippen LogP contribution in [0.15, 0.2) is 18.5 Å². The predicted octanol–water partition coefficient (Wildman–Crippen LogP) is 1.80. The van der Waals surface area contributed by atoms with Crippen molar-refractivity contribution in [3.63, 3.8) is 0 Å². The highest BCUT2D eigenvalue weighted by molar-refractivity contribution is 5.29. The molecule has 0 spiro atoms. The van der Waals surface area contributed by atoms with E-state index in [4.69, 9.17) is 0 Å². The first-order valence-corrected chi connectivity index (χ1v) is 7.34. The van der Waals surface area contributed by atoms with Crippen molar-refractivity contribution < 1.29 is 4.65 Å². The molecule has 1 atom stereocenters. The van der Waals surface area contributed by atoms with Gasteiger partial charge < -0.3 is 14.8 Å². The van der Waals surface area contributed by atoms with E-state index in [0.29, 0.717) is 5.92 Å². The van der Waals surface area contributed by atoms with Crippen LogP contribution in [0.1, 0.15) is 25.7 Å². The summed E-state index contributed by atoms with van der Waals surface area (Å²) < 4.78 is 0.0359. The molecule has 2 aliphatic rings. The van der Waals surface area contributed by atoms with Gasteiger partial charge in [-0.1, -0.05) is 0 Å². The van der Waals surface area contributed by atoms with E-state index in [1.807, 2.05) is 6.07 Å². The molecule has 1 aromatic heterocycles. The summed E-state index contributed by atoms with van der Waals surface area (Å²) in [7, 11) is 0. The first kappa shape index (κ1) is 12.8. The number of hydrogen-bond acceptors (Lipinski definition) is 4. The molecule has 5 heteroatoms. The topological polar surface area (TPSA) is 52.1 Å². The molecule has 104 valence electrons. The minimum Gasteiger partial charge on any atom is -0.633 e. The van der Waals surface area contributed by atoms with Gasteiger partial charge in [-0.3, -0.25) is 0 Å². The van der Waals surface area contributed by atoms with Gasteiger partial charge in [0.15, 0.2) is 0 Å². The largest absolute Gasteiger partial charge is 0.633 e. The fraction of sp³-hybridized carbons (Fsp3) is 0.714. The van der Waals surface area contributed by atoms with Gasteiger partial charge in [0.05, 0.1) is 19.6 Å². The van der Waals surface area contributed by atoms with Gasteiger partial charge in [-0.25, -0.2) is 9.97 Å². The molecule has 5 nitrogen and oxygen atoms in total. The minimum absolute atomic E-state index is 0.0359. The lowest BCUT2D eigenvalue weighted by atomic mass is 9.97. The van der Waals surface area contributed by atoms with E-state index in [1.54, 1.807) is 12.4 Å². The summed E-state index contributed by atoms with van der Waals surface area (Å²) in [5, 5.41) is 12.5. The van der Waals surface area contributed by atoms with Crippen LogP contribution in [0.5, 0.6) is 0 Å². The van der Waals surface area contributed by atoms with Crippen LogP contribution in [0.25, 0.3) is 0 Å². The van der Waals surface area contributed by atoms with Gasteiger partial charge in [0, 0.05) is 44.2 Å². The Hall–Kier alpha value is -1.20. The van der Waals surface area contributed by atoms with Crippen molar-refractivity contribution in [3.8, 4) is 0 Å². The molecule has 1 aromatic rings. The zero-order valence-electron chi connectivity index (χ0n) is 11.4. The average Bonchev–Trinajstić information content (AvgIpc) is 2.86. The van der Waals surface area contributed by atoms with Gasteiger partial charge in [-0.05, 0) is 18.9 Å². The number of hydrogen-bond donors (Lipinski definition) is 0. The smallest absolute Gasteiger partial charge is 0.225 e. The van der Waals surface area contributed by atoms with Crippen LogP contribution in [0, 0.1) is 11.1 Å². The minimum atomic E-state index is 0.0359. The van der Waals surface area contributed by atoms with Gasteiger partial charge in [-0.2, -0.15) is 0 Å². The maximum absolute atomic E-state index is 12.5. The highest BCUT2D eigenvalue weighted by Gasteiger charge is 2.30. The van der Waals surface area contributed by atoms with E-state index in [1.165, 1.54) is 6.42 Å². The Bertz CT molecular complexity index is 405. The summed E-state index contributed by atoms with van der Waals surface area (Å²) in [5.41, 5.74) is 0. The van der Waals surface area contributed by atoms with E-state index in [9.17, 15) is 5.21 Å². The Labute approximate surface area is 114 Å². The number of quaternary nitrogens is 1. The molecular formula is C14H22N4O. The third-order valence-electron chi connectivity index (χ3n) is 4.33. The number of anilines is 1. The second-order valence-corrected chi connectivity index (χ2v) is 5.90. The van der Waals surface area contributed by atoms with Gasteiger partial charge in [0.1, 0.15) is 0 Å². The quantitative estimate of drug-likeness (QED) is 0.615. The molecule has 19 heavy (non-hydrogen) atoms. The summed E-state index contributed by atoms with van der Waals surface area (Å²) >= 11 is 0. The van der Waals surface area contributed by atoms with Crippen molar-refractivity contribution >= 4 is 5.95 Å². The highest BCUT2D eigenvalue weighted by atomic mass is 16.5. The van der Waals surface area contributed by atoms with Crippen LogP contribution < -0.4 is 4.90 Å². The summed E-state index contributed by atoms with van der Waals surface area (Å²) in [5.74, 6) is 1.30. The molecule has 1 unspecified atom stereocenters. The van der Waals surface area contributed by atoms with E-state index in [-0.39, 0.29) is 4.65 Å². The van der Waals surface area contributed by atoms with Crippen LogP contribution in [-0.4, -0.2) is 47.3 Å². The second-order valence-electron chi connectivity index (χ2n) is 5.90. The van der Waals surface area contributed by atoms with E-state index < -0.39 is 0 Å². The zero-order valence-corrected chi connectivity index (χ0v) is 11.4. The molecule has 0 amide bonds. The third kappa shape index (κ3) is 3.04. The SMILES string of the molecule is [O-][N+]1(CC2CCCN(c3ncccn3)C2)CCCC1. The van der Waals surface area contributed by atoms with E-state index in [0.717, 1.165) is 57.9 Å². The van der Waals surface area contributed by atoms with Crippen molar-refractivity contribution in [3.05, 3.63) is 23.7 Å². The zero-order chi connectivity index (χ0) is 13.1. The molecule has 0 saturated carbocycles. The van der Waals surface area contributed by atoms with Gasteiger partial charge in [0.25, 0.3) is 0 Å². The first-order chi connectivity index (χ1) is 9.25. The number of piperidine rings is 1. The lowest BCUT2D eigenvalue weighted by Crippen LogP contribution is -2.47. The second kappa shape index (κ2) is 5.43. The maximum atomic E-state index is 12.5. The Balaban J connectivity index is 1.62. The fourth-order valence-corrected chi connectivity index (χ4v) is 3.42. The molecule has 2 aliphatic heterocycles. The van der Waals surface area contributed by atoms with Crippen LogP contribution >= 0.6 is 0 Å². The highest BCUT2D eigenvalue weighted by Crippen LogP contribution is 2.26. The summed E-state index contributed by atoms with van der Waals surface area (Å²) in [6.07, 6.45) is 8.08. The lowest BCUT2D eigenvalue weighted by Gasteiger charge is -2.43. The standard InChI is InChI=1S/C14H22N4O/c19-18(9-1-2-10-18)12-13-5-3-8-17(11-13)14-15-6-4-7-16-14/h4,6-7,13H,1-3,5,8-12H2. The molecule has 2 saturated heterocycles. The van der Waals surface area contributed by atoms with Crippen molar-refractivity contribution in [1.82, 2.24) is 9.97 Å². The van der Waals surface area contributed by atoms with E-state index >= 15 is 0 Å². The van der Waals surface area contributed by atoms with Gasteiger partial charge in [-0.15, -0.1) is 0 Å². The monoisotopic (exact) mass is 262 g/mol. The Morgan fingerprint density at radius 1 is 1.21 bits per heavy atom. The lowest BCUT2D eigenvalue weighted by molar-refractivity contribution is -0.871. The Kier molecular flexibility index (Phi) is 3.66. The van der Waals surface area contributed by atoms with Crippen molar-refractivity contribution in [2.24, 2.45) is 5.92 Å². The molecule has 0 aromatic carbocycles. The normalized spacial score (nSPS) is 26.6. The molecule has 0 aliphatic carbocycles. The van der Waals surface area contributed by atoms with Crippen LogP contribution in [0.3, 0.4) is 0 Å². The molecule has 2 fully saturated rings. The fourth-order valence-electron chi connectivity index (χ4n) is 3.42. The summed E-state index contributed by atoms with van der Waals surface area (Å²) in [4.78, 5) is 10.9. The molecule has 0 radical (unpaired) electrons. The van der Waals surface area contributed by atoms with Crippen molar-refractivity contribution in [2.75, 3.05) is 37.6 Å². The Morgan fingerprint density at radius 3 is 2.68 bits per heavy atom. The number of rotatable bonds is 3. The third-order valence-corrected chi connectivity index (χ3v) is 4.33. The van der Waals surface area contributed by atoms with Crippen molar-refractivity contribution in [1.29, 1.82) is 0 Å². The Morgan fingerprint density at radius 2 is 1.95 bits per heavy atom. The van der Waals surface area contributed by atoms with Crippen LogP contribution in [-0.2, 0) is 0 Å². The number of likely N-dealkylation sites (tertiary alicyclic amines) is 1. The molecule has 0 N–H and O–H groups in total. The number of nitrogens with zero attached hydrogens (tertiary/aromatic N) is 4. The number of hydroxylamine groups is 3. The number of aromatic nitrogens is 2. The maximum Gasteiger partial charge on any atom is 0.225 e. The van der Waals surface area contributed by atoms with Gasteiger partial charge >= 0.3 is 0 Å². The average molecular weight is 262 g/mol. The summed E-state index contributed by atoms with van der Waals surface area (Å²) in [6, 6.07) is 1.84. The van der Waals surface area contributed by atoms with E-state index in [2.05, 4.69) is 14.9 Å². The molecule has 3 heterocycles.